The van der Waals surface area contributed by atoms with Crippen LogP contribution in [0.25, 0.3) is 0 Å². The standard InChI is InChI=1S/CH3N2O4P.K.H/c2-1-3-7-8(4,5)6;;/h3H,(H2,4,5,6);;/q;+1;-1. The van der Waals surface area contributed by atoms with Crippen molar-refractivity contribution in [2.75, 3.05) is 0 Å². The van der Waals surface area contributed by atoms with Gasteiger partial charge in [-0.2, -0.15) is 15.4 Å². The molecular weight excluding hydrogens is 174 g/mol. The summed E-state index contributed by atoms with van der Waals surface area (Å²) in [7, 11) is -4.52. The second-order valence-corrected chi connectivity index (χ2v) is 1.96. The minimum absolute atomic E-state index is 0. The molecule has 0 saturated carbocycles. The first-order chi connectivity index (χ1) is 3.56. The van der Waals surface area contributed by atoms with Gasteiger partial charge < -0.3 is 11.2 Å². The van der Waals surface area contributed by atoms with E-state index in [2.05, 4.69) is 4.62 Å². The molecule has 0 atom stereocenters. The van der Waals surface area contributed by atoms with Gasteiger partial charge in [-0.1, -0.05) is 0 Å². The van der Waals surface area contributed by atoms with E-state index in [4.69, 9.17) is 15.0 Å². The van der Waals surface area contributed by atoms with E-state index in [1.54, 1.807) is 0 Å². The Bertz CT molecular complexity index is 152. The second-order valence-electron chi connectivity index (χ2n) is 0.796. The van der Waals surface area contributed by atoms with E-state index >= 15 is 0 Å². The number of hydrogen-bond acceptors (Lipinski definition) is 4. The summed E-state index contributed by atoms with van der Waals surface area (Å²) in [6.07, 6.45) is 1.16. The molecule has 0 aliphatic heterocycles. The summed E-state index contributed by atoms with van der Waals surface area (Å²) in [4.78, 5) is 15.6. The number of hydroxylamine groups is 1. The van der Waals surface area contributed by atoms with Gasteiger partial charge in [0.15, 0.2) is 0 Å². The van der Waals surface area contributed by atoms with Gasteiger partial charge in [0.05, 0.1) is 0 Å². The first-order valence-corrected chi connectivity index (χ1v) is 2.97. The Hall–Kier alpha value is 1.04. The Labute approximate surface area is 95.3 Å². The molecule has 0 aliphatic carbocycles. The van der Waals surface area contributed by atoms with Gasteiger partial charge in [0, 0.05) is 0 Å². The molecule has 0 rings (SSSR count). The maximum Gasteiger partial charge on any atom is 1.00 e. The topological polar surface area (TPSA) is 103 Å². The third-order valence-electron chi connectivity index (χ3n) is 0.210. The van der Waals surface area contributed by atoms with Gasteiger partial charge in [-0.05, 0) is 0 Å². The summed E-state index contributed by atoms with van der Waals surface area (Å²) >= 11 is 0. The van der Waals surface area contributed by atoms with Gasteiger partial charge in [-0.15, -0.1) is 0 Å². The van der Waals surface area contributed by atoms with E-state index in [1.165, 1.54) is 5.48 Å². The Kier molecular flexibility index (Phi) is 8.17. The third-order valence-corrected chi connectivity index (χ3v) is 0.539. The van der Waals surface area contributed by atoms with Crippen molar-refractivity contribution in [1.82, 2.24) is 5.48 Å². The van der Waals surface area contributed by atoms with Crippen molar-refractivity contribution < 1.29 is 71.8 Å². The van der Waals surface area contributed by atoms with Crippen molar-refractivity contribution in [2.24, 2.45) is 0 Å². The monoisotopic (exact) mass is 178 g/mol. The van der Waals surface area contributed by atoms with E-state index in [0.29, 0.717) is 0 Å². The van der Waals surface area contributed by atoms with Crippen molar-refractivity contribution in [3.63, 3.8) is 0 Å². The maximum absolute atomic E-state index is 9.65. The zero-order chi connectivity index (χ0) is 6.62. The van der Waals surface area contributed by atoms with Gasteiger partial charge in [-0.3, -0.25) is 0 Å². The Balaban J connectivity index is -0.000000245. The molecule has 0 heterocycles. The van der Waals surface area contributed by atoms with Crippen LogP contribution in [0.5, 0.6) is 0 Å². The van der Waals surface area contributed by atoms with Crippen molar-refractivity contribution >= 4 is 7.82 Å². The molecule has 0 unspecified atom stereocenters. The summed E-state index contributed by atoms with van der Waals surface area (Å²) in [6, 6.07) is 0. The third kappa shape index (κ3) is 12.3. The normalized spacial score (nSPS) is 9.00. The molecule has 0 aromatic heterocycles. The van der Waals surface area contributed by atoms with Gasteiger partial charge >= 0.3 is 59.2 Å². The average molecular weight is 178 g/mol. The van der Waals surface area contributed by atoms with Crippen LogP contribution in [-0.2, 0) is 9.19 Å². The van der Waals surface area contributed by atoms with Crippen LogP contribution in [0, 0.1) is 11.5 Å². The molecule has 9 heavy (non-hydrogen) atoms. The Morgan fingerprint density at radius 3 is 2.33 bits per heavy atom. The minimum Gasteiger partial charge on any atom is -1.00 e. The molecule has 0 aromatic rings. The van der Waals surface area contributed by atoms with Crippen LogP contribution in [0.4, 0.5) is 0 Å². The average Bonchev–Trinajstić information content (AvgIpc) is 1.59. The molecule has 48 valence electrons. The molecule has 0 spiro atoms. The number of rotatable bonds is 2. The molecule has 0 radical (unpaired) electrons. The van der Waals surface area contributed by atoms with Crippen LogP contribution < -0.4 is 56.9 Å². The number of nitrogens with one attached hydrogen (secondary N) is 1. The molecule has 8 heteroatoms. The zero-order valence-electron chi connectivity index (χ0n) is 5.61. The van der Waals surface area contributed by atoms with Gasteiger partial charge in [-0.25, -0.2) is 4.57 Å². The summed E-state index contributed by atoms with van der Waals surface area (Å²) in [5, 5.41) is 7.60. The number of hydrogen-bond donors (Lipinski definition) is 3. The Morgan fingerprint density at radius 1 is 1.78 bits per heavy atom. The molecule has 0 saturated heterocycles. The van der Waals surface area contributed by atoms with Crippen molar-refractivity contribution in [3.8, 4) is 6.19 Å². The minimum atomic E-state index is -4.52. The first-order valence-electron chi connectivity index (χ1n) is 1.44. The van der Waals surface area contributed by atoms with Crippen LogP contribution in [0.3, 0.4) is 0 Å². The summed E-state index contributed by atoms with van der Waals surface area (Å²) in [6.45, 7) is 0. The van der Waals surface area contributed by atoms with E-state index in [0.717, 1.165) is 6.19 Å². The zero-order valence-corrected chi connectivity index (χ0v) is 8.62. The molecule has 3 N–H and O–H groups in total. The summed E-state index contributed by atoms with van der Waals surface area (Å²) < 4.78 is 13.1. The fourth-order valence-corrected chi connectivity index (χ4v) is 0.240. The van der Waals surface area contributed by atoms with E-state index in [-0.39, 0.29) is 52.8 Å². The van der Waals surface area contributed by atoms with Crippen molar-refractivity contribution in [1.29, 1.82) is 5.26 Å². The predicted octanol–water partition coefficient (Wildman–Crippen LogP) is -3.80. The van der Waals surface area contributed by atoms with Crippen molar-refractivity contribution in [2.45, 2.75) is 0 Å². The second kappa shape index (κ2) is 5.79. The number of nitriles is 1. The van der Waals surface area contributed by atoms with Crippen LogP contribution >= 0.6 is 7.82 Å². The Morgan fingerprint density at radius 2 is 2.22 bits per heavy atom. The summed E-state index contributed by atoms with van der Waals surface area (Å²) in [5.74, 6) is 0. The van der Waals surface area contributed by atoms with Crippen LogP contribution in [0.1, 0.15) is 1.43 Å². The number of phosphoric acid groups is 1. The molecular formula is CH4KN2O4P. The van der Waals surface area contributed by atoms with E-state index in [1.807, 2.05) is 0 Å². The first kappa shape index (κ1) is 12.7. The van der Waals surface area contributed by atoms with Crippen LogP contribution in [0.15, 0.2) is 0 Å². The molecule has 0 fully saturated rings. The van der Waals surface area contributed by atoms with Gasteiger partial charge in [0.1, 0.15) is 0 Å². The van der Waals surface area contributed by atoms with Crippen LogP contribution in [0.2, 0.25) is 0 Å². The van der Waals surface area contributed by atoms with Gasteiger partial charge in [0.2, 0.25) is 6.19 Å². The maximum atomic E-state index is 9.65. The van der Waals surface area contributed by atoms with Crippen molar-refractivity contribution in [3.05, 3.63) is 0 Å². The van der Waals surface area contributed by atoms with Crippen LogP contribution in [-0.4, -0.2) is 9.79 Å². The number of nitrogens with zero attached hydrogens (tertiary/aromatic N) is 1. The molecule has 0 amide bonds. The molecule has 0 aliphatic rings. The largest absolute Gasteiger partial charge is 1.00 e. The predicted molar refractivity (Wildman–Crippen MR) is 23.0 cm³/mol. The molecule has 6 nitrogen and oxygen atoms in total. The smallest absolute Gasteiger partial charge is 1.00 e. The quantitative estimate of drug-likeness (QED) is 0.132. The van der Waals surface area contributed by atoms with E-state index in [9.17, 15) is 4.57 Å². The van der Waals surface area contributed by atoms with E-state index < -0.39 is 7.82 Å². The molecule has 0 bridgehead atoms. The fourth-order valence-electron chi connectivity index (χ4n) is 0.0799. The summed E-state index contributed by atoms with van der Waals surface area (Å²) in [5.41, 5.74) is 1.33. The SMILES string of the molecule is N#CNOP(=O)(O)O.[H-].[K+]. The fraction of sp³-hybridized carbons (Fsp3) is 0. The van der Waals surface area contributed by atoms with Gasteiger partial charge in [0.25, 0.3) is 0 Å². The molecule has 0 aromatic carbocycles.